The molecule has 1 fully saturated rings. The molecule has 1 aromatic rings. The van der Waals surface area contributed by atoms with Crippen molar-refractivity contribution >= 4 is 0 Å². The number of hydrogen-bond donors (Lipinski definition) is 2. The molecule has 1 aromatic heterocycles. The maximum atomic E-state index is 12.3. The Morgan fingerprint density at radius 1 is 1.19 bits per heavy atom. The monoisotopic (exact) mass is 303 g/mol. The van der Waals surface area contributed by atoms with Crippen LogP contribution >= 0.6 is 0 Å². The molecule has 1 saturated heterocycles. The van der Waals surface area contributed by atoms with Gasteiger partial charge in [0.25, 0.3) is 0 Å². The van der Waals surface area contributed by atoms with Gasteiger partial charge >= 0.3 is 6.18 Å². The van der Waals surface area contributed by atoms with E-state index in [9.17, 15) is 13.2 Å². The van der Waals surface area contributed by atoms with Crippen molar-refractivity contribution in [1.29, 1.82) is 0 Å². The summed E-state index contributed by atoms with van der Waals surface area (Å²) >= 11 is 0. The number of imidazole rings is 1. The minimum atomic E-state index is -4.09. The first-order valence-corrected chi connectivity index (χ1v) is 7.25. The number of nitrogens with one attached hydrogen (secondary N) is 2. The van der Waals surface area contributed by atoms with Crippen molar-refractivity contribution in [2.45, 2.75) is 25.2 Å². The van der Waals surface area contributed by atoms with Gasteiger partial charge in [-0.1, -0.05) is 0 Å². The number of H-pyrrole nitrogens is 1. The molecule has 1 atom stereocenters. The normalized spacial score (nSPS) is 25.0. The van der Waals surface area contributed by atoms with Crippen molar-refractivity contribution in [3.05, 3.63) is 17.7 Å². The zero-order valence-electron chi connectivity index (χ0n) is 11.8. The number of hydrogen-bond acceptors (Lipinski definition) is 4. The zero-order valence-corrected chi connectivity index (χ0v) is 11.8. The summed E-state index contributed by atoms with van der Waals surface area (Å²) in [6.45, 7) is 3.22. The summed E-state index contributed by atoms with van der Waals surface area (Å²) in [7, 11) is 0. The largest absolute Gasteiger partial charge is 0.401 e. The standard InChI is InChI=1S/C13H20F3N5/c14-13(15,16)8-21-3-1-20(2-4-21)7-10-5-11-12(6-17-10)19-9-18-11/h9-10,17H,1-8H2,(H,18,19). The summed E-state index contributed by atoms with van der Waals surface area (Å²) < 4.78 is 37.0. The molecule has 118 valence electrons. The molecule has 3 heterocycles. The fourth-order valence-electron chi connectivity index (χ4n) is 3.05. The first kappa shape index (κ1) is 14.8. The minimum absolute atomic E-state index is 0.329. The number of aromatic nitrogens is 2. The van der Waals surface area contributed by atoms with Crippen LogP contribution in [0, 0.1) is 0 Å². The SMILES string of the molecule is FC(F)(F)CN1CCN(CC2Cc3nc[nH]c3CN2)CC1. The van der Waals surface area contributed by atoms with E-state index in [0.717, 1.165) is 30.9 Å². The third-order valence-corrected chi connectivity index (χ3v) is 4.16. The highest BCUT2D eigenvalue weighted by atomic mass is 19.4. The fourth-order valence-corrected chi connectivity index (χ4v) is 3.05. The third kappa shape index (κ3) is 3.96. The highest BCUT2D eigenvalue weighted by Gasteiger charge is 2.32. The molecule has 0 saturated carbocycles. The van der Waals surface area contributed by atoms with Crippen molar-refractivity contribution in [3.8, 4) is 0 Å². The molecule has 0 spiro atoms. The lowest BCUT2D eigenvalue weighted by molar-refractivity contribution is -0.149. The average molecular weight is 303 g/mol. The van der Waals surface area contributed by atoms with E-state index in [1.807, 2.05) is 0 Å². The fraction of sp³-hybridized carbons (Fsp3) is 0.769. The van der Waals surface area contributed by atoms with E-state index in [-0.39, 0.29) is 0 Å². The summed E-state index contributed by atoms with van der Waals surface area (Å²) in [6, 6.07) is 0.329. The molecule has 5 nitrogen and oxygen atoms in total. The van der Waals surface area contributed by atoms with Crippen LogP contribution in [0.25, 0.3) is 0 Å². The number of nitrogens with zero attached hydrogens (tertiary/aromatic N) is 3. The number of rotatable bonds is 3. The Labute approximate surface area is 121 Å². The molecule has 2 N–H and O–H groups in total. The van der Waals surface area contributed by atoms with Crippen LogP contribution < -0.4 is 5.32 Å². The maximum absolute atomic E-state index is 12.3. The van der Waals surface area contributed by atoms with Gasteiger partial charge in [0.1, 0.15) is 0 Å². The first-order chi connectivity index (χ1) is 9.99. The second-order valence-corrected chi connectivity index (χ2v) is 5.80. The smallest absolute Gasteiger partial charge is 0.347 e. The summed E-state index contributed by atoms with van der Waals surface area (Å²) in [5.74, 6) is 0. The van der Waals surface area contributed by atoms with Crippen LogP contribution in [-0.2, 0) is 13.0 Å². The van der Waals surface area contributed by atoms with Crippen LogP contribution in [0.4, 0.5) is 13.2 Å². The Morgan fingerprint density at radius 2 is 1.90 bits per heavy atom. The van der Waals surface area contributed by atoms with Crippen LogP contribution in [0.1, 0.15) is 11.4 Å². The lowest BCUT2D eigenvalue weighted by atomic mass is 10.0. The van der Waals surface area contributed by atoms with Crippen LogP contribution in [0.3, 0.4) is 0 Å². The van der Waals surface area contributed by atoms with Crippen molar-refractivity contribution in [3.63, 3.8) is 0 Å². The first-order valence-electron chi connectivity index (χ1n) is 7.25. The van der Waals surface area contributed by atoms with E-state index >= 15 is 0 Å². The van der Waals surface area contributed by atoms with Crippen molar-refractivity contribution < 1.29 is 13.2 Å². The number of alkyl halides is 3. The molecule has 2 aliphatic heterocycles. The minimum Gasteiger partial charge on any atom is -0.347 e. The Balaban J connectivity index is 1.44. The second-order valence-electron chi connectivity index (χ2n) is 5.80. The van der Waals surface area contributed by atoms with Gasteiger partial charge in [-0.2, -0.15) is 13.2 Å². The van der Waals surface area contributed by atoms with E-state index < -0.39 is 12.7 Å². The second kappa shape index (κ2) is 5.94. The van der Waals surface area contributed by atoms with Gasteiger partial charge in [-0.15, -0.1) is 0 Å². The number of halogens is 3. The molecule has 1 unspecified atom stereocenters. The van der Waals surface area contributed by atoms with E-state index in [1.165, 1.54) is 4.90 Å². The highest BCUT2D eigenvalue weighted by molar-refractivity contribution is 5.16. The quantitative estimate of drug-likeness (QED) is 0.859. The topological polar surface area (TPSA) is 47.2 Å². The van der Waals surface area contributed by atoms with Crippen LogP contribution in [0.5, 0.6) is 0 Å². The van der Waals surface area contributed by atoms with E-state index in [4.69, 9.17) is 0 Å². The maximum Gasteiger partial charge on any atom is 0.401 e. The number of piperazine rings is 1. The molecule has 0 aromatic carbocycles. The number of aromatic amines is 1. The van der Waals surface area contributed by atoms with Crippen molar-refractivity contribution in [2.75, 3.05) is 39.3 Å². The molecule has 21 heavy (non-hydrogen) atoms. The average Bonchev–Trinajstić information content (AvgIpc) is 2.87. The van der Waals surface area contributed by atoms with Gasteiger partial charge in [-0.05, 0) is 0 Å². The lowest BCUT2D eigenvalue weighted by Gasteiger charge is -2.37. The van der Waals surface area contributed by atoms with Gasteiger partial charge in [-0.3, -0.25) is 9.80 Å². The van der Waals surface area contributed by atoms with Gasteiger partial charge in [0.2, 0.25) is 0 Å². The van der Waals surface area contributed by atoms with Crippen LogP contribution in [0.2, 0.25) is 0 Å². The van der Waals surface area contributed by atoms with Gasteiger partial charge in [-0.25, -0.2) is 4.98 Å². The zero-order chi connectivity index (χ0) is 14.9. The molecular formula is C13H20F3N5. The van der Waals surface area contributed by atoms with E-state index in [2.05, 4.69) is 20.2 Å². The Kier molecular flexibility index (Phi) is 4.19. The molecule has 0 bridgehead atoms. The summed E-state index contributed by atoms with van der Waals surface area (Å²) in [6.07, 6.45) is -1.50. The van der Waals surface area contributed by atoms with Gasteiger partial charge in [0.05, 0.1) is 24.3 Å². The van der Waals surface area contributed by atoms with Gasteiger partial charge in [0.15, 0.2) is 0 Å². The highest BCUT2D eigenvalue weighted by Crippen LogP contribution is 2.18. The van der Waals surface area contributed by atoms with Gasteiger partial charge in [0, 0.05) is 51.7 Å². The van der Waals surface area contributed by atoms with E-state index in [1.54, 1.807) is 6.33 Å². The Bertz CT molecular complexity index is 465. The van der Waals surface area contributed by atoms with Crippen molar-refractivity contribution in [2.24, 2.45) is 0 Å². The molecular weight excluding hydrogens is 283 g/mol. The Hall–Kier alpha value is -1.12. The molecule has 0 amide bonds. The molecule has 3 rings (SSSR count). The van der Waals surface area contributed by atoms with Crippen molar-refractivity contribution in [1.82, 2.24) is 25.1 Å². The number of fused-ring (bicyclic) bond motifs is 1. The third-order valence-electron chi connectivity index (χ3n) is 4.16. The lowest BCUT2D eigenvalue weighted by Crippen LogP contribution is -2.53. The summed E-state index contributed by atoms with van der Waals surface area (Å²) in [5, 5.41) is 3.45. The van der Waals surface area contributed by atoms with Crippen LogP contribution in [0.15, 0.2) is 6.33 Å². The summed E-state index contributed by atoms with van der Waals surface area (Å²) in [5.41, 5.74) is 2.25. The Morgan fingerprint density at radius 3 is 2.62 bits per heavy atom. The van der Waals surface area contributed by atoms with Gasteiger partial charge < -0.3 is 10.3 Å². The predicted molar refractivity (Wildman–Crippen MR) is 71.9 cm³/mol. The predicted octanol–water partition coefficient (Wildman–Crippen LogP) is 0.604. The molecule has 0 aliphatic carbocycles. The van der Waals surface area contributed by atoms with E-state index in [0.29, 0.717) is 32.2 Å². The molecule has 8 heteroatoms. The molecule has 2 aliphatic rings. The molecule has 0 radical (unpaired) electrons. The summed E-state index contributed by atoms with van der Waals surface area (Å²) in [4.78, 5) is 11.1. The van der Waals surface area contributed by atoms with Crippen LogP contribution in [-0.4, -0.2) is 71.3 Å².